The summed E-state index contributed by atoms with van der Waals surface area (Å²) in [7, 11) is 1.40. The number of amides is 1. The van der Waals surface area contributed by atoms with Gasteiger partial charge >= 0.3 is 23.9 Å². The van der Waals surface area contributed by atoms with E-state index in [2.05, 4.69) is 0 Å². The van der Waals surface area contributed by atoms with Gasteiger partial charge in [0.2, 0.25) is 0 Å². The van der Waals surface area contributed by atoms with Crippen molar-refractivity contribution in [2.24, 2.45) is 5.73 Å². The van der Waals surface area contributed by atoms with Crippen molar-refractivity contribution in [2.75, 3.05) is 26.2 Å². The van der Waals surface area contributed by atoms with Gasteiger partial charge in [-0.1, -0.05) is 11.8 Å². The van der Waals surface area contributed by atoms with Gasteiger partial charge in [0.1, 0.15) is 6.61 Å². The molecule has 0 radical (unpaired) electrons. The lowest BCUT2D eigenvalue weighted by Gasteiger charge is -2.36. The number of esters is 4. The van der Waals surface area contributed by atoms with Crippen LogP contribution in [0.25, 0.3) is 0 Å². The van der Waals surface area contributed by atoms with Gasteiger partial charge in [0.25, 0.3) is 5.91 Å². The van der Waals surface area contributed by atoms with Gasteiger partial charge in [0, 0.05) is 34.8 Å². The van der Waals surface area contributed by atoms with Crippen LogP contribution in [0.4, 0.5) is 0 Å². The summed E-state index contributed by atoms with van der Waals surface area (Å²) < 4.78 is 25.8. The molecule has 1 saturated heterocycles. The molecule has 1 fully saturated rings. The monoisotopic (exact) mass is 495 g/mol. The minimum Gasteiger partial charge on any atom is -0.462 e. The molecule has 1 unspecified atom stereocenters. The Hall–Kier alpha value is -2.42. The highest BCUT2D eigenvalue weighted by Gasteiger charge is 2.52. The Labute approximate surface area is 195 Å². The highest BCUT2D eigenvalue weighted by Crippen LogP contribution is 2.25. The van der Waals surface area contributed by atoms with Crippen molar-refractivity contribution in [3.63, 3.8) is 0 Å². The van der Waals surface area contributed by atoms with Crippen LogP contribution in [0.2, 0.25) is 0 Å². The molecule has 33 heavy (non-hydrogen) atoms. The van der Waals surface area contributed by atoms with E-state index in [9.17, 15) is 29.1 Å². The second kappa shape index (κ2) is 13.3. The first-order valence-electron chi connectivity index (χ1n) is 9.97. The number of ether oxygens (including phenoxy) is 5. The number of thioether (sulfide) groups is 1. The first-order valence-corrected chi connectivity index (χ1v) is 11.0. The first-order chi connectivity index (χ1) is 15.4. The number of hydrogen-bond acceptors (Lipinski definition) is 12. The third kappa shape index (κ3) is 8.79. The summed E-state index contributed by atoms with van der Waals surface area (Å²) in [5, 5.41) is 10.4. The summed E-state index contributed by atoms with van der Waals surface area (Å²) in [6, 6.07) is -0.704. The van der Waals surface area contributed by atoms with Crippen LogP contribution < -0.4 is 10.6 Å². The maximum Gasteiger partial charge on any atom is 0.303 e. The molecular formula is C19H31N2O11S+. The molecule has 1 amide bonds. The van der Waals surface area contributed by atoms with Crippen LogP contribution in [0.3, 0.4) is 0 Å². The third-order valence-electron chi connectivity index (χ3n) is 4.62. The van der Waals surface area contributed by atoms with Gasteiger partial charge in [-0.3, -0.25) is 28.9 Å². The van der Waals surface area contributed by atoms with Gasteiger partial charge in [0.05, 0.1) is 5.75 Å². The van der Waals surface area contributed by atoms with E-state index < -0.39 is 72.2 Å². The van der Waals surface area contributed by atoms with Crippen molar-refractivity contribution in [1.29, 1.82) is 0 Å². The topological polar surface area (TPSA) is 182 Å². The van der Waals surface area contributed by atoms with Crippen LogP contribution in [-0.2, 0) is 47.7 Å². The number of carbonyl (C=O) groups excluding carboxylic acids is 5. The van der Waals surface area contributed by atoms with Crippen molar-refractivity contribution in [1.82, 2.24) is 0 Å². The molecule has 0 aromatic rings. The van der Waals surface area contributed by atoms with E-state index in [0.717, 1.165) is 27.7 Å². The summed E-state index contributed by atoms with van der Waals surface area (Å²) in [5.74, 6) is -3.52. The summed E-state index contributed by atoms with van der Waals surface area (Å²) in [5.41, 5.74) is 5.46. The number of methoxy groups -OCH3 is 1. The molecule has 13 nitrogen and oxygen atoms in total. The predicted octanol–water partition coefficient (Wildman–Crippen LogP) is -2.88. The Morgan fingerprint density at radius 2 is 1.52 bits per heavy atom. The number of aliphatic hydroxyl groups excluding tert-OH is 1. The van der Waals surface area contributed by atoms with Gasteiger partial charge in [0.15, 0.2) is 42.6 Å². The number of rotatable bonds is 12. The molecule has 1 aliphatic heterocycles. The normalized spacial score (nSPS) is 23.5. The van der Waals surface area contributed by atoms with Gasteiger partial charge < -0.3 is 34.5 Å². The number of hydrogen-bond donors (Lipinski definition) is 3. The van der Waals surface area contributed by atoms with E-state index >= 15 is 0 Å². The number of carbonyl (C=O) groups is 5. The lowest BCUT2D eigenvalue weighted by atomic mass is 10.0. The van der Waals surface area contributed by atoms with Crippen LogP contribution in [0.5, 0.6) is 0 Å². The average Bonchev–Trinajstić information content (AvgIpc) is 3.11. The van der Waals surface area contributed by atoms with Crippen molar-refractivity contribution < 1.29 is 57.7 Å². The van der Waals surface area contributed by atoms with Crippen LogP contribution in [0.1, 0.15) is 27.7 Å². The minimum atomic E-state index is -1.55. The number of primary amides is 1. The van der Waals surface area contributed by atoms with E-state index in [0.29, 0.717) is 4.90 Å². The van der Waals surface area contributed by atoms with Gasteiger partial charge in [-0.15, -0.1) is 0 Å². The molecule has 14 heteroatoms. The molecule has 7 atom stereocenters. The van der Waals surface area contributed by atoms with Gasteiger partial charge in [-0.25, -0.2) is 0 Å². The van der Waals surface area contributed by atoms with E-state index in [-0.39, 0.29) is 12.5 Å². The van der Waals surface area contributed by atoms with Crippen molar-refractivity contribution in [3.8, 4) is 0 Å². The van der Waals surface area contributed by atoms with Crippen molar-refractivity contribution in [3.05, 3.63) is 0 Å². The zero-order chi connectivity index (χ0) is 25.3. The molecule has 0 spiro atoms. The molecule has 1 heterocycles. The summed E-state index contributed by atoms with van der Waals surface area (Å²) in [6.45, 7) is 3.80. The number of nitrogens with one attached hydrogen (secondary N) is 1. The third-order valence-corrected chi connectivity index (χ3v) is 6.09. The fourth-order valence-corrected chi connectivity index (χ4v) is 4.97. The minimum absolute atomic E-state index is 0.00577. The SMILES string of the molecule is COC[NH+]1[C@H](C(N)=O)CS[C@H]1[C@@H](O)[C@@H](OC(C)=O)[C@@H](OC(C)=O)[C@H](COC(C)=O)OC(C)=O. The molecule has 0 saturated carbocycles. The molecule has 1 aliphatic rings. The highest BCUT2D eigenvalue weighted by atomic mass is 32.2. The molecular weight excluding hydrogens is 464 g/mol. The van der Waals surface area contributed by atoms with E-state index in [4.69, 9.17) is 29.4 Å². The van der Waals surface area contributed by atoms with Crippen molar-refractivity contribution in [2.45, 2.75) is 63.5 Å². The Morgan fingerprint density at radius 1 is 0.970 bits per heavy atom. The Morgan fingerprint density at radius 3 is 1.97 bits per heavy atom. The van der Waals surface area contributed by atoms with Gasteiger partial charge in [-0.2, -0.15) is 0 Å². The molecule has 1 rings (SSSR count). The lowest BCUT2D eigenvalue weighted by molar-refractivity contribution is -0.940. The Bertz CT molecular complexity index is 735. The summed E-state index contributed by atoms with van der Waals surface area (Å²) in [6.07, 6.45) is -6.03. The first kappa shape index (κ1) is 28.6. The second-order valence-electron chi connectivity index (χ2n) is 7.31. The molecule has 0 aromatic heterocycles. The second-order valence-corrected chi connectivity index (χ2v) is 8.48. The van der Waals surface area contributed by atoms with Gasteiger partial charge in [-0.05, 0) is 0 Å². The standard InChI is InChI=1S/C19H30N2O11S/c1-9(22)29-6-14(30-10(2)23)16(31-11(3)24)17(32-12(4)25)15(26)19-21(8-28-5)13(7-33-19)18(20)27/h13-17,19,26H,6-8H2,1-5H3,(H2,20,27)/p+1/t13-,14-,15-,16-,17+,19-/m0/s1. The Balaban J connectivity index is 3.39. The van der Waals surface area contributed by atoms with Crippen LogP contribution in [0, 0.1) is 0 Å². The zero-order valence-corrected chi connectivity index (χ0v) is 19.9. The molecule has 0 aliphatic carbocycles. The predicted molar refractivity (Wildman–Crippen MR) is 111 cm³/mol. The zero-order valence-electron chi connectivity index (χ0n) is 19.1. The largest absolute Gasteiger partial charge is 0.462 e. The lowest BCUT2D eigenvalue weighted by Crippen LogP contribution is -3.19. The molecule has 0 aromatic carbocycles. The van der Waals surface area contributed by atoms with Crippen LogP contribution in [-0.4, -0.2) is 96.9 Å². The van der Waals surface area contributed by atoms with Crippen molar-refractivity contribution >= 4 is 41.5 Å². The van der Waals surface area contributed by atoms with Crippen LogP contribution >= 0.6 is 11.8 Å². The molecule has 188 valence electrons. The Kier molecular flexibility index (Phi) is 11.6. The maximum absolute atomic E-state index is 11.9. The fraction of sp³-hybridized carbons (Fsp3) is 0.737. The molecule has 0 bridgehead atoms. The quantitative estimate of drug-likeness (QED) is 0.186. The van der Waals surface area contributed by atoms with E-state index in [1.165, 1.54) is 18.9 Å². The smallest absolute Gasteiger partial charge is 0.303 e. The highest BCUT2D eigenvalue weighted by molar-refractivity contribution is 8.00. The van der Waals surface area contributed by atoms with E-state index in [1.807, 2.05) is 0 Å². The number of quaternary nitrogens is 1. The summed E-state index contributed by atoms with van der Waals surface area (Å²) in [4.78, 5) is 59.0. The molecule has 4 N–H and O–H groups in total. The maximum atomic E-state index is 11.9. The average molecular weight is 496 g/mol. The summed E-state index contributed by atoms with van der Waals surface area (Å²) >= 11 is 1.18. The number of nitrogens with two attached hydrogens (primary N) is 1. The van der Waals surface area contributed by atoms with E-state index in [1.54, 1.807) is 0 Å². The van der Waals surface area contributed by atoms with Crippen LogP contribution in [0.15, 0.2) is 0 Å². The fourth-order valence-electron chi connectivity index (χ4n) is 3.39. The number of aliphatic hydroxyl groups is 1.